The van der Waals surface area contributed by atoms with Crippen LogP contribution in [0.2, 0.25) is 0 Å². The highest BCUT2D eigenvalue weighted by Gasteiger charge is 2.20. The van der Waals surface area contributed by atoms with E-state index in [1.165, 1.54) is 6.20 Å². The molecular weight excluding hydrogens is 256 g/mol. The predicted octanol–water partition coefficient (Wildman–Crippen LogP) is 1.07. The van der Waals surface area contributed by atoms with E-state index in [1.54, 1.807) is 11.1 Å². The Morgan fingerprint density at radius 1 is 1.50 bits per heavy atom. The summed E-state index contributed by atoms with van der Waals surface area (Å²) in [7, 11) is 0. The largest absolute Gasteiger partial charge is 0.378 e. The number of nitrogens with one attached hydrogen (secondary N) is 1. The number of hydrogen-bond acceptors (Lipinski definition) is 5. The molecule has 1 aromatic rings. The fourth-order valence-electron chi connectivity index (χ4n) is 1.79. The van der Waals surface area contributed by atoms with E-state index in [1.807, 2.05) is 25.1 Å². The van der Waals surface area contributed by atoms with Crippen LogP contribution < -0.4 is 5.32 Å². The second-order valence-electron chi connectivity index (χ2n) is 4.41. The number of carbonyl (C=O) groups excluding carboxylic acids is 1. The van der Waals surface area contributed by atoms with Gasteiger partial charge in [-0.3, -0.25) is 9.78 Å². The minimum atomic E-state index is -0.275. The molecule has 1 N–H and O–H groups in total. The zero-order valence-corrected chi connectivity index (χ0v) is 11.3. The standard InChI is InChI=1S/C14H16N4O2/c1-11-2-3-13(10-16-11)17-9-12(8-15)14(19)18-4-6-20-7-5-18/h2-3,9-10,17H,4-7H2,1H3/b12-9-. The molecule has 0 aliphatic carbocycles. The molecule has 2 rings (SSSR count). The summed E-state index contributed by atoms with van der Waals surface area (Å²) in [5.41, 5.74) is 1.72. The minimum absolute atomic E-state index is 0.0764. The van der Waals surface area contributed by atoms with Crippen LogP contribution in [0.4, 0.5) is 5.69 Å². The number of nitriles is 1. The van der Waals surface area contributed by atoms with Crippen molar-refractivity contribution >= 4 is 11.6 Å². The molecule has 6 nitrogen and oxygen atoms in total. The zero-order chi connectivity index (χ0) is 14.4. The summed E-state index contributed by atoms with van der Waals surface area (Å²) in [6, 6.07) is 5.62. The fourth-order valence-corrected chi connectivity index (χ4v) is 1.79. The van der Waals surface area contributed by atoms with E-state index in [9.17, 15) is 4.79 Å². The lowest BCUT2D eigenvalue weighted by Gasteiger charge is -2.26. The molecule has 6 heteroatoms. The monoisotopic (exact) mass is 272 g/mol. The molecular formula is C14H16N4O2. The highest BCUT2D eigenvalue weighted by Crippen LogP contribution is 2.08. The molecule has 1 amide bonds. The number of anilines is 1. The molecule has 0 unspecified atom stereocenters. The van der Waals surface area contributed by atoms with Gasteiger partial charge < -0.3 is 15.0 Å². The van der Waals surface area contributed by atoms with Gasteiger partial charge in [-0.05, 0) is 19.1 Å². The Kier molecular flexibility index (Phi) is 4.69. The van der Waals surface area contributed by atoms with Crippen molar-refractivity contribution in [2.45, 2.75) is 6.92 Å². The number of aryl methyl sites for hydroxylation is 1. The SMILES string of the molecule is Cc1ccc(N/C=C(/C#N)C(=O)N2CCOCC2)cn1. The van der Waals surface area contributed by atoms with Gasteiger partial charge in [0.25, 0.3) is 5.91 Å². The maximum absolute atomic E-state index is 12.1. The van der Waals surface area contributed by atoms with Gasteiger partial charge in [-0.15, -0.1) is 0 Å². The molecule has 104 valence electrons. The third-order valence-corrected chi connectivity index (χ3v) is 2.94. The van der Waals surface area contributed by atoms with Gasteiger partial charge in [0.2, 0.25) is 0 Å². The second-order valence-corrected chi connectivity index (χ2v) is 4.41. The summed E-state index contributed by atoms with van der Waals surface area (Å²) in [6.45, 7) is 3.95. The van der Waals surface area contributed by atoms with Crippen LogP contribution in [0.3, 0.4) is 0 Å². The number of aromatic nitrogens is 1. The Morgan fingerprint density at radius 2 is 2.25 bits per heavy atom. The number of amides is 1. The van der Waals surface area contributed by atoms with Crippen LogP contribution in [0.5, 0.6) is 0 Å². The molecule has 1 aliphatic heterocycles. The van der Waals surface area contributed by atoms with Gasteiger partial charge in [-0.25, -0.2) is 0 Å². The van der Waals surface area contributed by atoms with Crippen molar-refractivity contribution in [3.63, 3.8) is 0 Å². The quantitative estimate of drug-likeness (QED) is 0.657. The molecule has 1 aliphatic rings. The second kappa shape index (κ2) is 6.68. The maximum atomic E-state index is 12.1. The van der Waals surface area contributed by atoms with E-state index in [2.05, 4.69) is 10.3 Å². The van der Waals surface area contributed by atoms with Crippen molar-refractivity contribution in [2.24, 2.45) is 0 Å². The van der Waals surface area contributed by atoms with E-state index in [0.29, 0.717) is 26.3 Å². The summed E-state index contributed by atoms with van der Waals surface area (Å²) in [4.78, 5) is 17.9. The van der Waals surface area contributed by atoms with Crippen LogP contribution in [0.25, 0.3) is 0 Å². The third kappa shape index (κ3) is 3.56. The minimum Gasteiger partial charge on any atom is -0.378 e. The van der Waals surface area contributed by atoms with Crippen molar-refractivity contribution in [3.8, 4) is 6.07 Å². The number of ether oxygens (including phenoxy) is 1. The van der Waals surface area contributed by atoms with Crippen LogP contribution in [0, 0.1) is 18.3 Å². The molecule has 1 aromatic heterocycles. The molecule has 0 atom stereocenters. The highest BCUT2D eigenvalue weighted by molar-refractivity contribution is 5.97. The molecule has 20 heavy (non-hydrogen) atoms. The lowest BCUT2D eigenvalue weighted by Crippen LogP contribution is -2.41. The summed E-state index contributed by atoms with van der Waals surface area (Å²) < 4.78 is 5.18. The van der Waals surface area contributed by atoms with Crippen molar-refractivity contribution < 1.29 is 9.53 Å². The highest BCUT2D eigenvalue weighted by atomic mass is 16.5. The number of morpholine rings is 1. The number of rotatable bonds is 3. The van der Waals surface area contributed by atoms with E-state index in [-0.39, 0.29) is 11.5 Å². The average molecular weight is 272 g/mol. The lowest BCUT2D eigenvalue weighted by atomic mass is 10.2. The van der Waals surface area contributed by atoms with Crippen molar-refractivity contribution in [1.82, 2.24) is 9.88 Å². The van der Waals surface area contributed by atoms with Crippen LogP contribution in [0.1, 0.15) is 5.69 Å². The summed E-state index contributed by atoms with van der Waals surface area (Å²) in [6.07, 6.45) is 3.07. The molecule has 0 saturated carbocycles. The first kappa shape index (κ1) is 14.0. The fraction of sp³-hybridized carbons (Fsp3) is 0.357. The van der Waals surface area contributed by atoms with Gasteiger partial charge in [0.05, 0.1) is 25.1 Å². The van der Waals surface area contributed by atoms with Crippen LogP contribution in [0.15, 0.2) is 30.1 Å². The van der Waals surface area contributed by atoms with Crippen molar-refractivity contribution in [3.05, 3.63) is 35.8 Å². The van der Waals surface area contributed by atoms with Gasteiger partial charge in [0.15, 0.2) is 0 Å². The van der Waals surface area contributed by atoms with Crippen LogP contribution in [-0.2, 0) is 9.53 Å². The van der Waals surface area contributed by atoms with Gasteiger partial charge >= 0.3 is 0 Å². The molecule has 0 spiro atoms. The summed E-state index contributed by atoms with van der Waals surface area (Å²) in [5.74, 6) is -0.275. The maximum Gasteiger partial charge on any atom is 0.266 e. The predicted molar refractivity (Wildman–Crippen MR) is 73.7 cm³/mol. The first-order valence-corrected chi connectivity index (χ1v) is 6.37. The number of pyridine rings is 1. The van der Waals surface area contributed by atoms with Gasteiger partial charge in [-0.2, -0.15) is 5.26 Å². The zero-order valence-electron chi connectivity index (χ0n) is 11.3. The molecule has 0 radical (unpaired) electrons. The third-order valence-electron chi connectivity index (χ3n) is 2.94. The summed E-state index contributed by atoms with van der Waals surface area (Å²) >= 11 is 0. The van der Waals surface area contributed by atoms with Gasteiger partial charge in [0.1, 0.15) is 11.6 Å². The van der Waals surface area contributed by atoms with Gasteiger partial charge in [-0.1, -0.05) is 0 Å². The molecule has 0 aromatic carbocycles. The lowest BCUT2D eigenvalue weighted by molar-refractivity contribution is -0.130. The van der Waals surface area contributed by atoms with E-state index >= 15 is 0 Å². The molecule has 0 bridgehead atoms. The Hall–Kier alpha value is -2.39. The van der Waals surface area contributed by atoms with Crippen molar-refractivity contribution in [2.75, 3.05) is 31.6 Å². The number of carbonyl (C=O) groups is 1. The molecule has 1 saturated heterocycles. The van der Waals surface area contributed by atoms with E-state index in [4.69, 9.17) is 10.00 Å². The first-order valence-electron chi connectivity index (χ1n) is 6.37. The first-order chi connectivity index (χ1) is 9.70. The van der Waals surface area contributed by atoms with Crippen LogP contribution in [-0.4, -0.2) is 42.1 Å². The Morgan fingerprint density at radius 3 is 2.85 bits per heavy atom. The van der Waals surface area contributed by atoms with E-state index in [0.717, 1.165) is 11.4 Å². The smallest absolute Gasteiger partial charge is 0.266 e. The number of nitrogens with zero attached hydrogens (tertiary/aromatic N) is 3. The average Bonchev–Trinajstić information content (AvgIpc) is 2.50. The number of hydrogen-bond donors (Lipinski definition) is 1. The molecule has 1 fully saturated rings. The van der Waals surface area contributed by atoms with E-state index < -0.39 is 0 Å². The Bertz CT molecular complexity index is 539. The summed E-state index contributed by atoms with van der Waals surface area (Å²) in [5, 5.41) is 12.0. The van der Waals surface area contributed by atoms with Crippen molar-refractivity contribution in [1.29, 1.82) is 5.26 Å². The van der Waals surface area contributed by atoms with Crippen LogP contribution >= 0.6 is 0 Å². The topological polar surface area (TPSA) is 78.2 Å². The molecule has 2 heterocycles. The normalized spacial score (nSPS) is 15.6. The Balaban J connectivity index is 2.03. The van der Waals surface area contributed by atoms with Gasteiger partial charge in [0, 0.05) is 25.0 Å². The Labute approximate surface area is 117 Å².